The normalized spacial score (nSPS) is 13.6. The molecule has 2 aromatic rings. The van der Waals surface area contributed by atoms with Crippen LogP contribution in [0.5, 0.6) is 0 Å². The second-order valence-corrected chi connectivity index (χ2v) is 7.74. The van der Waals surface area contributed by atoms with Gasteiger partial charge in [0.05, 0.1) is 7.11 Å². The van der Waals surface area contributed by atoms with Crippen molar-refractivity contribution < 1.29 is 14.3 Å². The Hall–Kier alpha value is -1.66. The quantitative estimate of drug-likeness (QED) is 0.718. The number of aryl methyl sites for hydroxylation is 1. The van der Waals surface area contributed by atoms with Crippen LogP contribution in [-0.2, 0) is 16.0 Å². The van der Waals surface area contributed by atoms with Gasteiger partial charge >= 0.3 is 5.97 Å². The number of benzene rings is 1. The molecule has 1 aromatic heterocycles. The molecule has 0 bridgehead atoms. The summed E-state index contributed by atoms with van der Waals surface area (Å²) in [7, 11) is 1.36. The maximum atomic E-state index is 12.4. The highest BCUT2D eigenvalue weighted by atomic mass is 79.9. The first kappa shape index (κ1) is 17.2. The second kappa shape index (κ2) is 7.07. The van der Waals surface area contributed by atoms with Crippen molar-refractivity contribution in [2.24, 2.45) is 5.92 Å². The number of amides is 1. The van der Waals surface area contributed by atoms with E-state index in [0.717, 1.165) is 39.7 Å². The van der Waals surface area contributed by atoms with Gasteiger partial charge in [0.2, 0.25) is 5.91 Å². The lowest BCUT2D eigenvalue weighted by Gasteiger charge is -2.08. The van der Waals surface area contributed by atoms with Gasteiger partial charge in [-0.1, -0.05) is 35.0 Å². The predicted octanol–water partition coefficient (Wildman–Crippen LogP) is 4.88. The molecule has 0 atom stereocenters. The molecule has 1 aliphatic rings. The van der Waals surface area contributed by atoms with E-state index in [1.165, 1.54) is 18.4 Å². The summed E-state index contributed by atoms with van der Waals surface area (Å²) in [5, 5.41) is 3.52. The van der Waals surface area contributed by atoms with E-state index in [1.807, 2.05) is 31.2 Å². The van der Waals surface area contributed by atoms with Gasteiger partial charge in [-0.25, -0.2) is 4.79 Å². The van der Waals surface area contributed by atoms with Gasteiger partial charge in [-0.2, -0.15) is 0 Å². The van der Waals surface area contributed by atoms with Crippen molar-refractivity contribution in [3.05, 3.63) is 39.2 Å². The molecule has 1 heterocycles. The van der Waals surface area contributed by atoms with E-state index >= 15 is 0 Å². The van der Waals surface area contributed by atoms with E-state index in [2.05, 4.69) is 21.2 Å². The highest BCUT2D eigenvalue weighted by molar-refractivity contribution is 9.10. The van der Waals surface area contributed by atoms with Crippen LogP contribution in [0.1, 0.15) is 35.0 Å². The van der Waals surface area contributed by atoms with E-state index in [-0.39, 0.29) is 11.8 Å². The van der Waals surface area contributed by atoms with Crippen LogP contribution in [0, 0.1) is 5.92 Å². The van der Waals surface area contributed by atoms with Gasteiger partial charge in [0, 0.05) is 20.8 Å². The molecular formula is C18H18BrNO3S. The van der Waals surface area contributed by atoms with Crippen LogP contribution in [0.15, 0.2) is 28.7 Å². The number of carbonyl (C=O) groups is 2. The Bertz CT molecular complexity index is 778. The monoisotopic (exact) mass is 407 g/mol. The summed E-state index contributed by atoms with van der Waals surface area (Å²) in [4.78, 5) is 25.6. The number of hydrogen-bond acceptors (Lipinski definition) is 4. The van der Waals surface area contributed by atoms with E-state index in [0.29, 0.717) is 10.6 Å². The zero-order chi connectivity index (χ0) is 17.3. The minimum Gasteiger partial charge on any atom is -0.465 e. The van der Waals surface area contributed by atoms with Crippen LogP contribution in [0.4, 0.5) is 5.00 Å². The fourth-order valence-electron chi connectivity index (χ4n) is 2.59. The molecule has 1 N–H and O–H groups in total. The number of thiophene rings is 1. The van der Waals surface area contributed by atoms with Crippen molar-refractivity contribution in [2.45, 2.75) is 26.2 Å². The molecular weight excluding hydrogens is 390 g/mol. The second-order valence-electron chi connectivity index (χ2n) is 5.72. The van der Waals surface area contributed by atoms with Crippen LogP contribution in [-0.4, -0.2) is 19.0 Å². The largest absolute Gasteiger partial charge is 0.465 e. The van der Waals surface area contributed by atoms with Crippen LogP contribution < -0.4 is 5.32 Å². The van der Waals surface area contributed by atoms with E-state index in [9.17, 15) is 9.59 Å². The Morgan fingerprint density at radius 3 is 2.50 bits per heavy atom. The van der Waals surface area contributed by atoms with Gasteiger partial charge in [0.1, 0.15) is 10.6 Å². The number of carbonyl (C=O) groups excluding carboxylic acids is 2. The summed E-state index contributed by atoms with van der Waals surface area (Å²) in [5.41, 5.74) is 2.25. The molecule has 3 rings (SSSR count). The highest BCUT2D eigenvalue weighted by Crippen LogP contribution is 2.42. The first-order valence-corrected chi connectivity index (χ1v) is 9.46. The third-order valence-electron chi connectivity index (χ3n) is 4.01. The summed E-state index contributed by atoms with van der Waals surface area (Å²) in [6, 6.07) is 7.81. The van der Waals surface area contributed by atoms with Gasteiger partial charge in [-0.05, 0) is 37.0 Å². The number of nitrogens with one attached hydrogen (secondary N) is 1. The first-order valence-electron chi connectivity index (χ1n) is 7.86. The standard InChI is InChI=1S/C18H18BrNO3S/c1-3-13-14(10-6-8-12(19)9-7-10)15(18(22)23-2)17(24-13)20-16(21)11-4-5-11/h6-9,11H,3-5H2,1-2H3,(H,20,21). The topological polar surface area (TPSA) is 55.4 Å². The van der Waals surface area contributed by atoms with E-state index in [1.54, 1.807) is 0 Å². The molecule has 0 aliphatic heterocycles. The maximum absolute atomic E-state index is 12.4. The lowest BCUT2D eigenvalue weighted by atomic mass is 10.00. The summed E-state index contributed by atoms with van der Waals surface area (Å²) in [6.45, 7) is 2.04. The highest BCUT2D eigenvalue weighted by Gasteiger charge is 2.32. The Morgan fingerprint density at radius 1 is 1.29 bits per heavy atom. The van der Waals surface area contributed by atoms with E-state index < -0.39 is 5.97 Å². The van der Waals surface area contributed by atoms with Crippen molar-refractivity contribution in [2.75, 3.05) is 12.4 Å². The first-order chi connectivity index (χ1) is 11.5. The third kappa shape index (κ3) is 3.39. The van der Waals surface area contributed by atoms with Crippen molar-refractivity contribution in [1.29, 1.82) is 0 Å². The number of esters is 1. The molecule has 0 unspecified atom stereocenters. The molecule has 1 aliphatic carbocycles. The summed E-state index contributed by atoms with van der Waals surface area (Å²) in [5.74, 6) is -0.347. The summed E-state index contributed by atoms with van der Waals surface area (Å²) in [6.07, 6.45) is 2.62. The Morgan fingerprint density at radius 2 is 1.96 bits per heavy atom. The number of anilines is 1. The van der Waals surface area contributed by atoms with Crippen LogP contribution in [0.3, 0.4) is 0 Å². The van der Waals surface area contributed by atoms with Crippen LogP contribution in [0.2, 0.25) is 0 Å². The summed E-state index contributed by atoms with van der Waals surface area (Å²) >= 11 is 4.89. The van der Waals surface area contributed by atoms with Gasteiger partial charge < -0.3 is 10.1 Å². The molecule has 6 heteroatoms. The van der Waals surface area contributed by atoms with Crippen molar-refractivity contribution in [3.63, 3.8) is 0 Å². The fourth-order valence-corrected chi connectivity index (χ4v) is 4.01. The van der Waals surface area contributed by atoms with Crippen LogP contribution in [0.25, 0.3) is 11.1 Å². The smallest absolute Gasteiger partial charge is 0.341 e. The number of ether oxygens (including phenoxy) is 1. The minimum absolute atomic E-state index is 0.00795. The number of methoxy groups -OCH3 is 1. The molecule has 1 saturated carbocycles. The molecule has 4 nitrogen and oxygen atoms in total. The Labute approximate surface area is 153 Å². The lowest BCUT2D eigenvalue weighted by molar-refractivity contribution is -0.117. The molecule has 1 amide bonds. The molecule has 1 aromatic carbocycles. The van der Waals surface area contributed by atoms with Gasteiger partial charge in [-0.15, -0.1) is 11.3 Å². The zero-order valence-electron chi connectivity index (χ0n) is 13.5. The average molecular weight is 408 g/mol. The van der Waals surface area contributed by atoms with E-state index in [4.69, 9.17) is 4.74 Å². The van der Waals surface area contributed by atoms with Gasteiger partial charge in [0.25, 0.3) is 0 Å². The number of hydrogen-bond donors (Lipinski definition) is 1. The molecule has 0 radical (unpaired) electrons. The lowest BCUT2D eigenvalue weighted by Crippen LogP contribution is -2.15. The maximum Gasteiger partial charge on any atom is 0.341 e. The van der Waals surface area contributed by atoms with Crippen molar-refractivity contribution in [1.82, 2.24) is 0 Å². The Kier molecular flexibility index (Phi) is 5.06. The van der Waals surface area contributed by atoms with Crippen LogP contribution >= 0.6 is 27.3 Å². The van der Waals surface area contributed by atoms with Gasteiger partial charge in [-0.3, -0.25) is 4.79 Å². The molecule has 0 spiro atoms. The predicted molar refractivity (Wildman–Crippen MR) is 99.5 cm³/mol. The van der Waals surface area contributed by atoms with Gasteiger partial charge in [0.15, 0.2) is 0 Å². The third-order valence-corrected chi connectivity index (χ3v) is 5.79. The fraction of sp³-hybridized carbons (Fsp3) is 0.333. The molecule has 24 heavy (non-hydrogen) atoms. The molecule has 0 saturated heterocycles. The van der Waals surface area contributed by atoms with Crippen molar-refractivity contribution >= 4 is 44.1 Å². The molecule has 126 valence electrons. The number of halogens is 1. The zero-order valence-corrected chi connectivity index (χ0v) is 15.9. The average Bonchev–Trinajstić information content (AvgIpc) is 3.37. The molecule has 1 fully saturated rings. The SMILES string of the molecule is CCc1sc(NC(=O)C2CC2)c(C(=O)OC)c1-c1ccc(Br)cc1. The Balaban J connectivity index is 2.10. The van der Waals surface area contributed by atoms with Crippen molar-refractivity contribution in [3.8, 4) is 11.1 Å². The minimum atomic E-state index is -0.421. The number of rotatable bonds is 5. The summed E-state index contributed by atoms with van der Waals surface area (Å²) < 4.78 is 5.96.